The van der Waals surface area contributed by atoms with Gasteiger partial charge in [0.25, 0.3) is 0 Å². The Bertz CT molecular complexity index is 549. The number of hydrogen-bond donors (Lipinski definition) is 2. The molecule has 100 valence electrons. The van der Waals surface area contributed by atoms with Crippen LogP contribution in [0.2, 0.25) is 0 Å². The van der Waals surface area contributed by atoms with Crippen LogP contribution in [0.4, 0.5) is 10.2 Å². The van der Waals surface area contributed by atoms with Crippen LogP contribution in [0.1, 0.15) is 22.7 Å². The van der Waals surface area contributed by atoms with E-state index in [-0.39, 0.29) is 11.9 Å². The number of aromatic nitrogens is 1. The predicted molar refractivity (Wildman–Crippen MR) is 75.3 cm³/mol. The summed E-state index contributed by atoms with van der Waals surface area (Å²) >= 11 is 0. The Morgan fingerprint density at radius 3 is 2.79 bits per heavy atom. The number of halogens is 1. The molecule has 0 fully saturated rings. The van der Waals surface area contributed by atoms with Crippen LogP contribution in [0.15, 0.2) is 36.5 Å². The second-order valence-electron chi connectivity index (χ2n) is 4.66. The average Bonchev–Trinajstić information content (AvgIpc) is 2.36. The molecule has 0 amide bonds. The number of nitrogen functional groups attached to an aromatic ring is 1. The summed E-state index contributed by atoms with van der Waals surface area (Å²) in [6.45, 7) is 1.89. The highest BCUT2D eigenvalue weighted by molar-refractivity contribution is 5.40. The van der Waals surface area contributed by atoms with E-state index >= 15 is 0 Å². The number of pyridine rings is 1. The zero-order chi connectivity index (χ0) is 13.8. The second-order valence-corrected chi connectivity index (χ2v) is 4.66. The Kier molecular flexibility index (Phi) is 4.12. The van der Waals surface area contributed by atoms with E-state index in [1.807, 2.05) is 32.2 Å². The van der Waals surface area contributed by atoms with Gasteiger partial charge < -0.3 is 11.1 Å². The van der Waals surface area contributed by atoms with Crippen molar-refractivity contribution >= 4 is 5.82 Å². The molecule has 2 aromatic rings. The molecule has 0 saturated carbocycles. The number of nitrogens with zero attached hydrogens (tertiary/aromatic N) is 1. The Labute approximate surface area is 112 Å². The largest absolute Gasteiger partial charge is 0.383 e. The van der Waals surface area contributed by atoms with E-state index in [1.165, 1.54) is 6.07 Å². The van der Waals surface area contributed by atoms with Gasteiger partial charge in [0.2, 0.25) is 0 Å². The first-order chi connectivity index (χ1) is 9.10. The van der Waals surface area contributed by atoms with Crippen LogP contribution in [-0.2, 0) is 6.42 Å². The van der Waals surface area contributed by atoms with Crippen molar-refractivity contribution in [1.29, 1.82) is 0 Å². The minimum absolute atomic E-state index is 0.0147. The van der Waals surface area contributed by atoms with Gasteiger partial charge in [0, 0.05) is 12.2 Å². The minimum Gasteiger partial charge on any atom is -0.383 e. The van der Waals surface area contributed by atoms with Gasteiger partial charge in [-0.25, -0.2) is 9.37 Å². The van der Waals surface area contributed by atoms with Crippen molar-refractivity contribution in [2.45, 2.75) is 19.4 Å². The van der Waals surface area contributed by atoms with Gasteiger partial charge in [-0.3, -0.25) is 0 Å². The number of hydrogen-bond acceptors (Lipinski definition) is 3. The quantitative estimate of drug-likeness (QED) is 0.887. The van der Waals surface area contributed by atoms with E-state index in [0.717, 1.165) is 16.7 Å². The molecule has 0 aliphatic heterocycles. The number of nitrogens with one attached hydrogen (secondary N) is 1. The highest BCUT2D eigenvalue weighted by atomic mass is 19.1. The number of benzene rings is 1. The summed E-state index contributed by atoms with van der Waals surface area (Å²) in [5, 5.41) is 3.20. The maximum absolute atomic E-state index is 13.5. The Morgan fingerprint density at radius 1 is 1.37 bits per heavy atom. The average molecular weight is 259 g/mol. The molecule has 0 aliphatic carbocycles. The lowest BCUT2D eigenvalue weighted by molar-refractivity contribution is 0.576. The first kappa shape index (κ1) is 13.5. The van der Waals surface area contributed by atoms with Gasteiger partial charge in [-0.05, 0) is 55.3 Å². The number of rotatable bonds is 4. The van der Waals surface area contributed by atoms with Crippen LogP contribution in [0.5, 0.6) is 0 Å². The van der Waals surface area contributed by atoms with Crippen LogP contribution in [-0.4, -0.2) is 12.0 Å². The van der Waals surface area contributed by atoms with Crippen molar-refractivity contribution in [1.82, 2.24) is 10.3 Å². The molecule has 3 N–H and O–H groups in total. The third-order valence-electron chi connectivity index (χ3n) is 3.17. The number of aryl methyl sites for hydroxylation is 1. The lowest BCUT2D eigenvalue weighted by Crippen LogP contribution is -2.20. The summed E-state index contributed by atoms with van der Waals surface area (Å²) in [5.41, 5.74) is 8.64. The molecule has 0 bridgehead atoms. The highest BCUT2D eigenvalue weighted by Crippen LogP contribution is 2.22. The van der Waals surface area contributed by atoms with Crippen LogP contribution >= 0.6 is 0 Å². The van der Waals surface area contributed by atoms with Crippen molar-refractivity contribution in [2.24, 2.45) is 0 Å². The third-order valence-corrected chi connectivity index (χ3v) is 3.17. The SMILES string of the molecule is CNC(Cc1cccnc1N)c1cc(C)cc(F)c1. The third kappa shape index (κ3) is 3.29. The molecule has 0 saturated heterocycles. The fourth-order valence-corrected chi connectivity index (χ4v) is 2.20. The lowest BCUT2D eigenvalue weighted by Gasteiger charge is -2.18. The molecule has 4 heteroatoms. The fourth-order valence-electron chi connectivity index (χ4n) is 2.20. The zero-order valence-electron chi connectivity index (χ0n) is 11.2. The van der Waals surface area contributed by atoms with Gasteiger partial charge in [-0.1, -0.05) is 12.1 Å². The lowest BCUT2D eigenvalue weighted by atomic mass is 9.98. The molecule has 0 spiro atoms. The van der Waals surface area contributed by atoms with E-state index in [0.29, 0.717) is 12.2 Å². The summed E-state index contributed by atoms with van der Waals surface area (Å²) in [6.07, 6.45) is 2.35. The molecule has 1 unspecified atom stereocenters. The molecule has 1 atom stereocenters. The van der Waals surface area contributed by atoms with E-state index in [1.54, 1.807) is 12.3 Å². The van der Waals surface area contributed by atoms with E-state index in [2.05, 4.69) is 10.3 Å². The smallest absolute Gasteiger partial charge is 0.126 e. The van der Waals surface area contributed by atoms with Gasteiger partial charge in [0.15, 0.2) is 0 Å². The monoisotopic (exact) mass is 259 g/mol. The second kappa shape index (κ2) is 5.80. The highest BCUT2D eigenvalue weighted by Gasteiger charge is 2.13. The van der Waals surface area contributed by atoms with Gasteiger partial charge in [0.1, 0.15) is 11.6 Å². The molecule has 3 nitrogen and oxygen atoms in total. The Morgan fingerprint density at radius 2 is 2.16 bits per heavy atom. The molecule has 19 heavy (non-hydrogen) atoms. The molecular weight excluding hydrogens is 241 g/mol. The summed E-state index contributed by atoms with van der Waals surface area (Å²) in [6, 6.07) is 8.88. The minimum atomic E-state index is -0.214. The first-order valence-electron chi connectivity index (χ1n) is 6.24. The predicted octanol–water partition coefficient (Wildman–Crippen LogP) is 2.61. The molecule has 0 radical (unpaired) electrons. The number of nitrogens with two attached hydrogens (primary N) is 1. The zero-order valence-corrected chi connectivity index (χ0v) is 11.2. The summed E-state index contributed by atoms with van der Waals surface area (Å²) < 4.78 is 13.5. The topological polar surface area (TPSA) is 50.9 Å². The van der Waals surface area contributed by atoms with Gasteiger partial charge in [-0.15, -0.1) is 0 Å². The molecule has 0 aliphatic rings. The standard InChI is InChI=1S/C15H18FN3/c1-10-6-12(8-13(16)7-10)14(18-2)9-11-4-3-5-19-15(11)17/h3-8,14,18H,9H2,1-2H3,(H2,17,19). The van der Waals surface area contributed by atoms with Crippen molar-refractivity contribution in [3.05, 3.63) is 59.0 Å². The summed E-state index contributed by atoms with van der Waals surface area (Å²) in [7, 11) is 1.86. The van der Waals surface area contributed by atoms with Crippen LogP contribution in [0, 0.1) is 12.7 Å². The van der Waals surface area contributed by atoms with Crippen molar-refractivity contribution < 1.29 is 4.39 Å². The molecule has 1 heterocycles. The molecule has 2 rings (SSSR count). The van der Waals surface area contributed by atoms with Crippen LogP contribution in [0.25, 0.3) is 0 Å². The number of likely N-dealkylation sites (N-methyl/N-ethyl adjacent to an activating group) is 1. The maximum atomic E-state index is 13.5. The van der Waals surface area contributed by atoms with Crippen molar-refractivity contribution in [3.8, 4) is 0 Å². The Balaban J connectivity index is 2.28. The van der Waals surface area contributed by atoms with Crippen molar-refractivity contribution in [3.63, 3.8) is 0 Å². The van der Waals surface area contributed by atoms with Gasteiger partial charge >= 0.3 is 0 Å². The van der Waals surface area contributed by atoms with Crippen LogP contribution < -0.4 is 11.1 Å². The van der Waals surface area contributed by atoms with E-state index < -0.39 is 0 Å². The molecule has 1 aromatic carbocycles. The van der Waals surface area contributed by atoms with Gasteiger partial charge in [0.05, 0.1) is 0 Å². The molecular formula is C15H18FN3. The summed E-state index contributed by atoms with van der Waals surface area (Å²) in [5.74, 6) is 0.310. The van der Waals surface area contributed by atoms with Crippen LogP contribution in [0.3, 0.4) is 0 Å². The van der Waals surface area contributed by atoms with Crippen molar-refractivity contribution in [2.75, 3.05) is 12.8 Å². The number of anilines is 1. The normalized spacial score (nSPS) is 12.4. The fraction of sp³-hybridized carbons (Fsp3) is 0.267. The summed E-state index contributed by atoms with van der Waals surface area (Å²) in [4.78, 5) is 4.07. The van der Waals surface area contributed by atoms with E-state index in [9.17, 15) is 4.39 Å². The molecule has 1 aromatic heterocycles. The first-order valence-corrected chi connectivity index (χ1v) is 6.24. The van der Waals surface area contributed by atoms with Gasteiger partial charge in [-0.2, -0.15) is 0 Å². The van der Waals surface area contributed by atoms with E-state index in [4.69, 9.17) is 5.73 Å². The maximum Gasteiger partial charge on any atom is 0.126 e. The Hall–Kier alpha value is -1.94.